The van der Waals surface area contributed by atoms with E-state index >= 15 is 0 Å². The SMILES string of the molecule is CCNC(=O)c1ccccc1.[K]. The molecular weight excluding hydrogens is 177 g/mol. The zero-order chi connectivity index (χ0) is 8.10. The van der Waals surface area contributed by atoms with Crippen molar-refractivity contribution in [2.75, 3.05) is 6.54 Å². The number of carbonyl (C=O) groups excluding carboxylic acids is 1. The Morgan fingerprint density at radius 2 is 1.92 bits per heavy atom. The second kappa shape index (κ2) is 6.80. The molecule has 1 amide bonds. The van der Waals surface area contributed by atoms with Gasteiger partial charge in [0.15, 0.2) is 0 Å². The van der Waals surface area contributed by atoms with Crippen LogP contribution in [0.1, 0.15) is 17.3 Å². The van der Waals surface area contributed by atoms with E-state index < -0.39 is 0 Å². The zero-order valence-electron chi connectivity index (χ0n) is 7.50. The number of nitrogens with one attached hydrogen (secondary N) is 1. The van der Waals surface area contributed by atoms with E-state index in [0.717, 1.165) is 0 Å². The zero-order valence-corrected chi connectivity index (χ0v) is 10.6. The minimum Gasteiger partial charge on any atom is -0.352 e. The normalized spacial score (nSPS) is 8.42. The van der Waals surface area contributed by atoms with Crippen LogP contribution in [0.15, 0.2) is 30.3 Å². The van der Waals surface area contributed by atoms with Crippen molar-refractivity contribution in [3.05, 3.63) is 35.9 Å². The first-order valence-electron chi connectivity index (χ1n) is 3.68. The molecule has 0 bridgehead atoms. The van der Waals surface area contributed by atoms with E-state index in [2.05, 4.69) is 5.32 Å². The van der Waals surface area contributed by atoms with E-state index in [9.17, 15) is 4.79 Å². The predicted molar refractivity (Wildman–Crippen MR) is 50.2 cm³/mol. The Bertz CT molecular complexity index is 236. The van der Waals surface area contributed by atoms with Crippen LogP contribution in [-0.4, -0.2) is 63.8 Å². The fraction of sp³-hybridized carbons (Fsp3) is 0.222. The molecule has 0 saturated carbocycles. The minimum absolute atomic E-state index is 0. The van der Waals surface area contributed by atoms with Gasteiger partial charge in [-0.3, -0.25) is 4.79 Å². The molecule has 0 saturated heterocycles. The molecule has 12 heavy (non-hydrogen) atoms. The Morgan fingerprint density at radius 3 is 2.42 bits per heavy atom. The van der Waals surface area contributed by atoms with E-state index in [0.29, 0.717) is 12.1 Å². The molecule has 1 rings (SSSR count). The van der Waals surface area contributed by atoms with Crippen LogP contribution in [0.25, 0.3) is 0 Å². The molecule has 0 aliphatic rings. The summed E-state index contributed by atoms with van der Waals surface area (Å²) in [4.78, 5) is 11.1. The van der Waals surface area contributed by atoms with Gasteiger partial charge in [0.2, 0.25) is 0 Å². The molecule has 1 N–H and O–H groups in total. The Balaban J connectivity index is 0.00000121. The Labute approximate surface area is 115 Å². The number of hydrogen-bond acceptors (Lipinski definition) is 1. The van der Waals surface area contributed by atoms with Crippen LogP contribution < -0.4 is 5.32 Å². The molecule has 59 valence electrons. The van der Waals surface area contributed by atoms with Crippen LogP contribution in [-0.2, 0) is 0 Å². The fourth-order valence-corrected chi connectivity index (χ4v) is 0.852. The standard InChI is InChI=1S/C9H11NO.K/c1-2-10-9(11)8-6-4-3-5-7-8;/h3-7H,2H2,1H3,(H,10,11);. The van der Waals surface area contributed by atoms with Crippen molar-refractivity contribution in [3.8, 4) is 0 Å². The summed E-state index contributed by atoms with van der Waals surface area (Å²) >= 11 is 0. The molecule has 1 aromatic carbocycles. The van der Waals surface area contributed by atoms with Crippen LogP contribution >= 0.6 is 0 Å². The maximum absolute atomic E-state index is 11.1. The van der Waals surface area contributed by atoms with Gasteiger partial charge in [0.25, 0.3) is 5.91 Å². The maximum Gasteiger partial charge on any atom is 0.251 e. The summed E-state index contributed by atoms with van der Waals surface area (Å²) in [6.07, 6.45) is 0. The molecule has 3 heteroatoms. The maximum atomic E-state index is 11.1. The van der Waals surface area contributed by atoms with Gasteiger partial charge in [0, 0.05) is 63.5 Å². The largest absolute Gasteiger partial charge is 0.352 e. The number of amides is 1. The first-order chi connectivity index (χ1) is 5.34. The summed E-state index contributed by atoms with van der Waals surface area (Å²) in [5.74, 6) is -0.00639. The number of carbonyl (C=O) groups is 1. The van der Waals surface area contributed by atoms with Crippen molar-refractivity contribution in [2.24, 2.45) is 0 Å². The van der Waals surface area contributed by atoms with E-state index in [-0.39, 0.29) is 57.3 Å². The summed E-state index contributed by atoms with van der Waals surface area (Å²) < 4.78 is 0. The Kier molecular flexibility index (Phi) is 6.99. The summed E-state index contributed by atoms with van der Waals surface area (Å²) in [5, 5.41) is 2.72. The minimum atomic E-state index is -0.00639. The predicted octanol–water partition coefficient (Wildman–Crippen LogP) is 1.06. The summed E-state index contributed by atoms with van der Waals surface area (Å²) in [6.45, 7) is 2.58. The molecule has 0 aromatic heterocycles. The number of rotatable bonds is 2. The topological polar surface area (TPSA) is 29.1 Å². The van der Waals surface area contributed by atoms with E-state index in [1.807, 2.05) is 25.1 Å². The summed E-state index contributed by atoms with van der Waals surface area (Å²) in [5.41, 5.74) is 0.717. The van der Waals surface area contributed by atoms with Crippen LogP contribution in [0.2, 0.25) is 0 Å². The van der Waals surface area contributed by atoms with Gasteiger partial charge in [-0.1, -0.05) is 18.2 Å². The van der Waals surface area contributed by atoms with Crippen molar-refractivity contribution in [2.45, 2.75) is 6.92 Å². The second-order valence-electron chi connectivity index (χ2n) is 2.23. The number of benzene rings is 1. The average Bonchev–Trinajstić information content (AvgIpc) is 2.07. The second-order valence-corrected chi connectivity index (χ2v) is 2.23. The van der Waals surface area contributed by atoms with Crippen LogP contribution in [0.3, 0.4) is 0 Å². The van der Waals surface area contributed by atoms with Gasteiger partial charge in [0.1, 0.15) is 0 Å². The van der Waals surface area contributed by atoms with Crippen LogP contribution in [0.4, 0.5) is 0 Å². The molecule has 0 unspecified atom stereocenters. The van der Waals surface area contributed by atoms with E-state index in [1.165, 1.54) is 0 Å². The summed E-state index contributed by atoms with van der Waals surface area (Å²) in [6, 6.07) is 9.19. The Morgan fingerprint density at radius 1 is 1.33 bits per heavy atom. The molecule has 2 nitrogen and oxygen atoms in total. The molecule has 0 aliphatic carbocycles. The van der Waals surface area contributed by atoms with Gasteiger partial charge in [-0.05, 0) is 19.1 Å². The Hall–Kier alpha value is 0.326. The van der Waals surface area contributed by atoms with Crippen molar-refractivity contribution in [1.82, 2.24) is 5.32 Å². The van der Waals surface area contributed by atoms with E-state index in [4.69, 9.17) is 0 Å². The number of hydrogen-bond donors (Lipinski definition) is 1. The first kappa shape index (κ1) is 12.3. The van der Waals surface area contributed by atoms with Crippen LogP contribution in [0.5, 0.6) is 0 Å². The third kappa shape index (κ3) is 3.82. The molecule has 0 spiro atoms. The van der Waals surface area contributed by atoms with Crippen molar-refractivity contribution < 1.29 is 4.79 Å². The van der Waals surface area contributed by atoms with Gasteiger partial charge < -0.3 is 5.32 Å². The third-order valence-corrected chi connectivity index (χ3v) is 1.37. The first-order valence-corrected chi connectivity index (χ1v) is 3.68. The third-order valence-electron chi connectivity index (χ3n) is 1.37. The van der Waals surface area contributed by atoms with Gasteiger partial charge >= 0.3 is 0 Å². The monoisotopic (exact) mass is 188 g/mol. The average molecular weight is 188 g/mol. The smallest absolute Gasteiger partial charge is 0.251 e. The molecule has 1 aromatic rings. The molecular formula is C9H11KNO. The molecule has 0 fully saturated rings. The summed E-state index contributed by atoms with van der Waals surface area (Å²) in [7, 11) is 0. The fourth-order valence-electron chi connectivity index (χ4n) is 0.852. The van der Waals surface area contributed by atoms with Gasteiger partial charge in [0.05, 0.1) is 0 Å². The molecule has 0 aliphatic heterocycles. The van der Waals surface area contributed by atoms with Crippen molar-refractivity contribution >= 4 is 57.3 Å². The van der Waals surface area contributed by atoms with Crippen LogP contribution in [0, 0.1) is 0 Å². The van der Waals surface area contributed by atoms with Crippen molar-refractivity contribution in [1.29, 1.82) is 0 Å². The van der Waals surface area contributed by atoms with Gasteiger partial charge in [-0.2, -0.15) is 0 Å². The molecule has 0 atom stereocenters. The van der Waals surface area contributed by atoms with Crippen molar-refractivity contribution in [3.63, 3.8) is 0 Å². The quantitative estimate of drug-likeness (QED) is 0.691. The molecule has 0 heterocycles. The van der Waals surface area contributed by atoms with E-state index in [1.54, 1.807) is 12.1 Å². The molecule has 1 radical (unpaired) electrons. The van der Waals surface area contributed by atoms with Gasteiger partial charge in [-0.25, -0.2) is 0 Å². The van der Waals surface area contributed by atoms with Gasteiger partial charge in [-0.15, -0.1) is 0 Å².